The van der Waals surface area contributed by atoms with Gasteiger partial charge in [-0.15, -0.1) is 0 Å². The highest BCUT2D eigenvalue weighted by molar-refractivity contribution is 5.93. The van der Waals surface area contributed by atoms with Crippen LogP contribution in [0, 0.1) is 10.1 Å². The van der Waals surface area contributed by atoms with Crippen LogP contribution in [0.5, 0.6) is 5.75 Å². The predicted octanol–water partition coefficient (Wildman–Crippen LogP) is 4.30. The maximum absolute atomic E-state index is 11.2. The minimum atomic E-state index is -0.420. The minimum absolute atomic E-state index is 0.0254. The van der Waals surface area contributed by atoms with E-state index in [-0.39, 0.29) is 18.0 Å². The summed E-state index contributed by atoms with van der Waals surface area (Å²) in [6, 6.07) is 22.7. The average Bonchev–Trinajstić information content (AvgIpc) is 2.68. The van der Waals surface area contributed by atoms with Gasteiger partial charge in [0.05, 0.1) is 15.7 Å². The fourth-order valence-electron chi connectivity index (χ4n) is 3.35. The monoisotopic (exact) mass is 345 g/mol. The quantitative estimate of drug-likeness (QED) is 0.240. The second-order valence-corrected chi connectivity index (χ2v) is 6.09. The van der Waals surface area contributed by atoms with Crippen molar-refractivity contribution in [2.45, 2.75) is 6.61 Å². The third kappa shape index (κ3) is 2.63. The van der Waals surface area contributed by atoms with Gasteiger partial charge in [-0.05, 0) is 18.2 Å². The van der Waals surface area contributed by atoms with Crippen molar-refractivity contribution < 1.29 is 14.2 Å². The van der Waals surface area contributed by atoms with Crippen LogP contribution < -0.4 is 9.30 Å². The molecular formula is C21H17N2O3+. The fourth-order valence-corrected chi connectivity index (χ4v) is 3.35. The number of pyridine rings is 1. The van der Waals surface area contributed by atoms with Gasteiger partial charge in [0.25, 0.3) is 0 Å². The minimum Gasteiger partial charge on any atom is -0.482 e. The van der Waals surface area contributed by atoms with Crippen LogP contribution in [0.2, 0.25) is 0 Å². The lowest BCUT2D eigenvalue weighted by molar-refractivity contribution is -0.617. The van der Waals surface area contributed by atoms with E-state index in [0.29, 0.717) is 0 Å². The first-order valence-electron chi connectivity index (χ1n) is 8.31. The lowest BCUT2D eigenvalue weighted by Crippen LogP contribution is -2.30. The molecule has 26 heavy (non-hydrogen) atoms. The molecule has 0 aliphatic carbocycles. The topological polar surface area (TPSA) is 56.2 Å². The largest absolute Gasteiger partial charge is 0.482 e. The number of hydrogen-bond acceptors (Lipinski definition) is 3. The molecule has 0 radical (unpaired) electrons. The molecule has 1 aromatic heterocycles. The molecule has 0 saturated heterocycles. The van der Waals surface area contributed by atoms with Crippen molar-refractivity contribution in [3.05, 3.63) is 88.5 Å². The van der Waals surface area contributed by atoms with Crippen molar-refractivity contribution in [3.8, 4) is 5.75 Å². The third-order valence-corrected chi connectivity index (χ3v) is 4.62. The van der Waals surface area contributed by atoms with Gasteiger partial charge in [0.1, 0.15) is 13.7 Å². The lowest BCUT2D eigenvalue weighted by Gasteiger charge is -2.11. The number of rotatable bonds is 4. The standard InChI is InChI=1S/C21H17N2O3/c1-22-18-10-4-2-8-15(18)17(16-9-3-5-11-19(16)22)14-26-21-13-7-6-12-20(21)23(24)25/h2-13H,14H2,1H3/q+1. The maximum atomic E-state index is 11.2. The van der Waals surface area contributed by atoms with Gasteiger partial charge >= 0.3 is 5.69 Å². The van der Waals surface area contributed by atoms with Crippen molar-refractivity contribution in [3.63, 3.8) is 0 Å². The third-order valence-electron chi connectivity index (χ3n) is 4.62. The molecule has 0 amide bonds. The highest BCUT2D eigenvalue weighted by atomic mass is 16.6. The molecule has 0 atom stereocenters. The molecule has 0 aliphatic rings. The van der Waals surface area contributed by atoms with E-state index in [1.165, 1.54) is 6.07 Å². The van der Waals surface area contributed by atoms with Gasteiger partial charge in [0.2, 0.25) is 11.0 Å². The Hall–Kier alpha value is -3.47. The van der Waals surface area contributed by atoms with Crippen LogP contribution in [0.15, 0.2) is 72.8 Å². The van der Waals surface area contributed by atoms with Gasteiger partial charge in [-0.3, -0.25) is 10.1 Å². The van der Waals surface area contributed by atoms with Crippen molar-refractivity contribution in [1.82, 2.24) is 0 Å². The summed E-state index contributed by atoms with van der Waals surface area (Å²) in [5.74, 6) is 0.277. The van der Waals surface area contributed by atoms with E-state index in [1.807, 2.05) is 31.3 Å². The van der Waals surface area contributed by atoms with Crippen LogP contribution in [0.3, 0.4) is 0 Å². The molecule has 0 fully saturated rings. The summed E-state index contributed by atoms with van der Waals surface area (Å²) in [7, 11) is 2.04. The molecule has 1 heterocycles. The van der Waals surface area contributed by atoms with E-state index in [9.17, 15) is 10.1 Å². The van der Waals surface area contributed by atoms with E-state index in [4.69, 9.17) is 4.74 Å². The highest BCUT2D eigenvalue weighted by Crippen LogP contribution is 2.30. The van der Waals surface area contributed by atoms with Crippen LogP contribution in [0.25, 0.3) is 21.8 Å². The molecule has 3 aromatic carbocycles. The van der Waals surface area contributed by atoms with Crippen molar-refractivity contribution in [2.75, 3.05) is 0 Å². The number of ether oxygens (including phenoxy) is 1. The second kappa shape index (κ2) is 6.44. The van der Waals surface area contributed by atoms with Crippen LogP contribution >= 0.6 is 0 Å². The Morgan fingerprint density at radius 1 is 0.885 bits per heavy atom. The zero-order valence-corrected chi connectivity index (χ0v) is 14.3. The van der Waals surface area contributed by atoms with Crippen LogP contribution in [-0.4, -0.2) is 4.92 Å². The summed E-state index contributed by atoms with van der Waals surface area (Å²) in [6.45, 7) is 0.257. The van der Waals surface area contributed by atoms with E-state index < -0.39 is 4.92 Å². The molecule has 4 aromatic rings. The van der Waals surface area contributed by atoms with Gasteiger partial charge in [-0.2, -0.15) is 4.57 Å². The first-order valence-corrected chi connectivity index (χ1v) is 8.31. The molecule has 5 nitrogen and oxygen atoms in total. The Morgan fingerprint density at radius 2 is 1.42 bits per heavy atom. The van der Waals surface area contributed by atoms with E-state index >= 15 is 0 Å². The zero-order valence-electron chi connectivity index (χ0n) is 14.3. The van der Waals surface area contributed by atoms with Gasteiger partial charge in [0.15, 0.2) is 5.75 Å². The number of aryl methyl sites for hydroxylation is 1. The van der Waals surface area contributed by atoms with E-state index in [0.717, 1.165) is 27.4 Å². The highest BCUT2D eigenvalue weighted by Gasteiger charge is 2.19. The number of nitro benzene ring substituents is 1. The lowest BCUT2D eigenvalue weighted by atomic mass is 10.0. The van der Waals surface area contributed by atoms with Crippen LogP contribution in [-0.2, 0) is 13.7 Å². The SMILES string of the molecule is C[n+]1c2ccccc2c(COc2ccccc2[N+](=O)[O-])c2ccccc21. The summed E-state index contributed by atoms with van der Waals surface area (Å²) in [5.41, 5.74) is 3.18. The number of nitrogens with zero attached hydrogens (tertiary/aromatic N) is 2. The zero-order chi connectivity index (χ0) is 18.1. The van der Waals surface area contributed by atoms with E-state index in [2.05, 4.69) is 28.8 Å². The van der Waals surface area contributed by atoms with Crippen molar-refractivity contribution in [2.24, 2.45) is 7.05 Å². The average molecular weight is 345 g/mol. The normalized spacial score (nSPS) is 11.0. The number of hydrogen-bond donors (Lipinski definition) is 0. The Kier molecular flexibility index (Phi) is 3.97. The summed E-state index contributed by atoms with van der Waals surface area (Å²) < 4.78 is 8.04. The number of para-hydroxylation sites is 4. The molecule has 128 valence electrons. The summed E-state index contributed by atoms with van der Waals surface area (Å²) >= 11 is 0. The Bertz CT molecular complexity index is 1080. The summed E-state index contributed by atoms with van der Waals surface area (Å²) in [4.78, 5) is 10.8. The van der Waals surface area contributed by atoms with Crippen LogP contribution in [0.4, 0.5) is 5.69 Å². The predicted molar refractivity (Wildman–Crippen MR) is 100 cm³/mol. The molecular weight excluding hydrogens is 328 g/mol. The van der Waals surface area contributed by atoms with E-state index in [1.54, 1.807) is 18.2 Å². The summed E-state index contributed by atoms with van der Waals surface area (Å²) in [5, 5.41) is 13.4. The van der Waals surface area contributed by atoms with Crippen molar-refractivity contribution >= 4 is 27.5 Å². The van der Waals surface area contributed by atoms with Crippen molar-refractivity contribution in [1.29, 1.82) is 0 Å². The fraction of sp³-hybridized carbons (Fsp3) is 0.0952. The number of benzene rings is 3. The van der Waals surface area contributed by atoms with Crippen LogP contribution in [0.1, 0.15) is 5.56 Å². The molecule has 4 rings (SSSR count). The molecule has 0 aliphatic heterocycles. The Balaban J connectivity index is 1.86. The van der Waals surface area contributed by atoms with Gasteiger partial charge in [0, 0.05) is 23.8 Å². The van der Waals surface area contributed by atoms with Gasteiger partial charge < -0.3 is 4.74 Å². The molecule has 0 spiro atoms. The second-order valence-electron chi connectivity index (χ2n) is 6.09. The Morgan fingerprint density at radius 3 is 2.04 bits per heavy atom. The number of aromatic nitrogens is 1. The van der Waals surface area contributed by atoms with Gasteiger partial charge in [-0.25, -0.2) is 0 Å². The van der Waals surface area contributed by atoms with Gasteiger partial charge in [-0.1, -0.05) is 36.4 Å². The molecule has 0 unspecified atom stereocenters. The molecule has 0 bridgehead atoms. The molecule has 0 N–H and O–H groups in total. The molecule has 5 heteroatoms. The Labute approximate surface area is 150 Å². The summed E-state index contributed by atoms with van der Waals surface area (Å²) in [6.07, 6.45) is 0. The first kappa shape index (κ1) is 16.0. The smallest absolute Gasteiger partial charge is 0.310 e. The number of nitro groups is 1. The maximum Gasteiger partial charge on any atom is 0.310 e. The molecule has 0 saturated carbocycles. The first-order chi connectivity index (χ1) is 12.7. The number of fused-ring (bicyclic) bond motifs is 2.